The highest BCUT2D eigenvalue weighted by Crippen LogP contribution is 2.23. The lowest BCUT2D eigenvalue weighted by Crippen LogP contribution is -2.28. The van der Waals surface area contributed by atoms with Gasteiger partial charge in [-0.05, 0) is 25.0 Å². The number of aliphatic hydroxyl groups is 1. The van der Waals surface area contributed by atoms with E-state index in [1.54, 1.807) is 19.1 Å². The Morgan fingerprint density at radius 1 is 1.50 bits per heavy atom. The molecule has 0 aromatic heterocycles. The fourth-order valence-corrected chi connectivity index (χ4v) is 1.46. The Balaban J connectivity index is 3.05. The molecular formula is C11H16FNO. The Morgan fingerprint density at radius 3 is 2.64 bits per heavy atom. The molecule has 0 radical (unpaired) electrons. The molecule has 14 heavy (non-hydrogen) atoms. The predicted molar refractivity (Wildman–Crippen MR) is 54.4 cm³/mol. The van der Waals surface area contributed by atoms with E-state index in [0.717, 1.165) is 5.56 Å². The first-order valence-corrected chi connectivity index (χ1v) is 4.76. The van der Waals surface area contributed by atoms with Crippen LogP contribution in [0.25, 0.3) is 0 Å². The van der Waals surface area contributed by atoms with Gasteiger partial charge in [0.15, 0.2) is 0 Å². The quantitative estimate of drug-likeness (QED) is 0.777. The molecule has 3 N–H and O–H groups in total. The van der Waals surface area contributed by atoms with Crippen molar-refractivity contribution in [1.82, 2.24) is 0 Å². The zero-order chi connectivity index (χ0) is 10.7. The van der Waals surface area contributed by atoms with Gasteiger partial charge in [-0.25, -0.2) is 4.39 Å². The summed E-state index contributed by atoms with van der Waals surface area (Å²) in [6.45, 7) is 3.63. The van der Waals surface area contributed by atoms with E-state index in [2.05, 4.69) is 0 Å². The Bertz CT molecular complexity index is 294. The fraction of sp³-hybridized carbons (Fsp3) is 0.455. The fourth-order valence-electron chi connectivity index (χ4n) is 1.46. The third kappa shape index (κ3) is 2.11. The monoisotopic (exact) mass is 197 g/mol. The molecular weight excluding hydrogens is 181 g/mol. The summed E-state index contributed by atoms with van der Waals surface area (Å²) in [5.41, 5.74) is 6.73. The van der Waals surface area contributed by atoms with E-state index in [0.29, 0.717) is 12.0 Å². The molecule has 1 aromatic rings. The van der Waals surface area contributed by atoms with Gasteiger partial charge in [0.25, 0.3) is 0 Å². The molecule has 0 saturated carbocycles. The standard InChI is InChI=1S/C11H16FNO/c1-3-9(13)11(14)10-7(2)5-4-6-8(10)12/h4-6,9,11,14H,3,13H2,1-2H3/t9-,11+/m1/s1. The summed E-state index contributed by atoms with van der Waals surface area (Å²) < 4.78 is 13.4. The molecule has 78 valence electrons. The summed E-state index contributed by atoms with van der Waals surface area (Å²) >= 11 is 0. The number of hydrogen-bond acceptors (Lipinski definition) is 2. The molecule has 3 heteroatoms. The zero-order valence-electron chi connectivity index (χ0n) is 8.50. The lowest BCUT2D eigenvalue weighted by molar-refractivity contribution is 0.139. The van der Waals surface area contributed by atoms with Gasteiger partial charge in [-0.1, -0.05) is 19.1 Å². The summed E-state index contributed by atoms with van der Waals surface area (Å²) in [7, 11) is 0. The van der Waals surface area contributed by atoms with Crippen LogP contribution in [0.4, 0.5) is 4.39 Å². The van der Waals surface area contributed by atoms with Gasteiger partial charge < -0.3 is 10.8 Å². The van der Waals surface area contributed by atoms with Crippen LogP contribution >= 0.6 is 0 Å². The number of nitrogens with two attached hydrogens (primary N) is 1. The molecule has 0 fully saturated rings. The van der Waals surface area contributed by atoms with Crippen molar-refractivity contribution in [2.75, 3.05) is 0 Å². The van der Waals surface area contributed by atoms with E-state index >= 15 is 0 Å². The molecule has 0 bridgehead atoms. The molecule has 0 aliphatic carbocycles. The van der Waals surface area contributed by atoms with Crippen molar-refractivity contribution in [2.45, 2.75) is 32.4 Å². The molecule has 0 saturated heterocycles. The third-order valence-electron chi connectivity index (χ3n) is 2.44. The predicted octanol–water partition coefficient (Wildman–Crippen LogP) is 1.90. The lowest BCUT2D eigenvalue weighted by atomic mass is 9.96. The van der Waals surface area contributed by atoms with Crippen LogP contribution in [0.3, 0.4) is 0 Å². The molecule has 1 aromatic carbocycles. The molecule has 0 heterocycles. The number of hydrogen-bond donors (Lipinski definition) is 2. The van der Waals surface area contributed by atoms with E-state index in [4.69, 9.17) is 5.73 Å². The van der Waals surface area contributed by atoms with Crippen molar-refractivity contribution in [1.29, 1.82) is 0 Å². The molecule has 0 spiro atoms. The van der Waals surface area contributed by atoms with Gasteiger partial charge in [-0.2, -0.15) is 0 Å². The lowest BCUT2D eigenvalue weighted by Gasteiger charge is -2.19. The highest BCUT2D eigenvalue weighted by molar-refractivity contribution is 5.30. The second-order valence-corrected chi connectivity index (χ2v) is 3.49. The van der Waals surface area contributed by atoms with Crippen molar-refractivity contribution in [3.63, 3.8) is 0 Å². The maximum absolute atomic E-state index is 13.4. The molecule has 2 nitrogen and oxygen atoms in total. The van der Waals surface area contributed by atoms with Crippen LogP contribution in [0.5, 0.6) is 0 Å². The number of benzene rings is 1. The molecule has 1 rings (SSSR count). The summed E-state index contributed by atoms with van der Waals surface area (Å²) in [4.78, 5) is 0. The normalized spacial score (nSPS) is 15.2. The Kier molecular flexibility index (Phi) is 3.61. The van der Waals surface area contributed by atoms with Crippen LogP contribution < -0.4 is 5.73 Å². The van der Waals surface area contributed by atoms with Crippen molar-refractivity contribution in [3.8, 4) is 0 Å². The maximum Gasteiger partial charge on any atom is 0.129 e. The number of rotatable bonds is 3. The van der Waals surface area contributed by atoms with E-state index in [9.17, 15) is 9.50 Å². The molecule has 2 atom stereocenters. The molecule has 0 aliphatic rings. The van der Waals surface area contributed by atoms with Gasteiger partial charge in [0.1, 0.15) is 5.82 Å². The smallest absolute Gasteiger partial charge is 0.129 e. The number of aryl methyl sites for hydroxylation is 1. The van der Waals surface area contributed by atoms with Crippen LogP contribution in [-0.2, 0) is 0 Å². The Labute approximate surface area is 83.6 Å². The van der Waals surface area contributed by atoms with Crippen LogP contribution in [0.15, 0.2) is 18.2 Å². The maximum atomic E-state index is 13.4. The molecule has 0 unspecified atom stereocenters. The largest absolute Gasteiger partial charge is 0.387 e. The van der Waals surface area contributed by atoms with Crippen LogP contribution in [0.1, 0.15) is 30.6 Å². The first-order chi connectivity index (χ1) is 6.57. The SMILES string of the molecule is CC[C@@H](N)[C@H](O)c1c(C)cccc1F. The minimum Gasteiger partial charge on any atom is -0.387 e. The average molecular weight is 197 g/mol. The summed E-state index contributed by atoms with van der Waals surface area (Å²) in [5.74, 6) is -0.388. The van der Waals surface area contributed by atoms with Crippen LogP contribution in [0.2, 0.25) is 0 Å². The number of aliphatic hydroxyl groups excluding tert-OH is 1. The average Bonchev–Trinajstić information content (AvgIpc) is 2.16. The summed E-state index contributed by atoms with van der Waals surface area (Å²) in [6.07, 6.45) is -0.296. The topological polar surface area (TPSA) is 46.2 Å². The van der Waals surface area contributed by atoms with Gasteiger partial charge in [0, 0.05) is 11.6 Å². The Hall–Kier alpha value is -0.930. The minimum atomic E-state index is -0.916. The van der Waals surface area contributed by atoms with Crippen molar-refractivity contribution < 1.29 is 9.50 Å². The summed E-state index contributed by atoms with van der Waals surface area (Å²) in [5, 5.41) is 9.79. The highest BCUT2D eigenvalue weighted by atomic mass is 19.1. The van der Waals surface area contributed by atoms with Gasteiger partial charge in [-0.15, -0.1) is 0 Å². The van der Waals surface area contributed by atoms with Crippen molar-refractivity contribution >= 4 is 0 Å². The van der Waals surface area contributed by atoms with Gasteiger partial charge in [0.2, 0.25) is 0 Å². The van der Waals surface area contributed by atoms with Crippen LogP contribution in [0, 0.1) is 12.7 Å². The van der Waals surface area contributed by atoms with Crippen LogP contribution in [-0.4, -0.2) is 11.1 Å². The first-order valence-electron chi connectivity index (χ1n) is 4.76. The molecule has 0 amide bonds. The zero-order valence-corrected chi connectivity index (χ0v) is 8.50. The number of halogens is 1. The van der Waals surface area contributed by atoms with Gasteiger partial charge >= 0.3 is 0 Å². The second-order valence-electron chi connectivity index (χ2n) is 3.49. The van der Waals surface area contributed by atoms with Crippen molar-refractivity contribution in [2.24, 2.45) is 5.73 Å². The van der Waals surface area contributed by atoms with E-state index in [-0.39, 0.29) is 5.82 Å². The highest BCUT2D eigenvalue weighted by Gasteiger charge is 2.20. The van der Waals surface area contributed by atoms with Gasteiger partial charge in [-0.3, -0.25) is 0 Å². The minimum absolute atomic E-state index is 0.321. The summed E-state index contributed by atoms with van der Waals surface area (Å²) in [6, 6.07) is 4.32. The van der Waals surface area contributed by atoms with Crippen molar-refractivity contribution in [3.05, 3.63) is 35.1 Å². The third-order valence-corrected chi connectivity index (χ3v) is 2.44. The Morgan fingerprint density at radius 2 is 2.14 bits per heavy atom. The van der Waals surface area contributed by atoms with E-state index in [1.807, 2.05) is 6.92 Å². The van der Waals surface area contributed by atoms with Gasteiger partial charge in [0.05, 0.1) is 6.10 Å². The first kappa shape index (κ1) is 11.1. The van der Waals surface area contributed by atoms with E-state index in [1.165, 1.54) is 6.07 Å². The second kappa shape index (κ2) is 4.53. The van der Waals surface area contributed by atoms with E-state index < -0.39 is 12.1 Å². The molecule has 0 aliphatic heterocycles.